The Kier molecular flexibility index (Phi) is 8.41. The molecule has 0 N–H and O–H groups in total. The van der Waals surface area contributed by atoms with Crippen molar-refractivity contribution in [1.82, 2.24) is 9.29 Å². The molecular formula is C22H30N2O4S2. The Morgan fingerprint density at radius 3 is 2.47 bits per heavy atom. The van der Waals surface area contributed by atoms with Gasteiger partial charge in [-0.1, -0.05) is 31.9 Å². The molecule has 2 aromatic rings. The van der Waals surface area contributed by atoms with Gasteiger partial charge in [0, 0.05) is 24.9 Å². The third-order valence-electron chi connectivity index (χ3n) is 5.19. The third kappa shape index (κ3) is 6.36. The predicted molar refractivity (Wildman–Crippen MR) is 118 cm³/mol. The first-order valence-corrected chi connectivity index (χ1v) is 13.0. The van der Waals surface area contributed by atoms with Crippen LogP contribution in [0.2, 0.25) is 0 Å². The van der Waals surface area contributed by atoms with E-state index in [1.165, 1.54) is 0 Å². The largest absolute Gasteiger partial charge is 0.459 e. The molecular weight excluding hydrogens is 420 g/mol. The highest BCUT2D eigenvalue weighted by molar-refractivity contribution is 7.89. The Bertz CT molecular complexity index is 915. The summed E-state index contributed by atoms with van der Waals surface area (Å²) in [5, 5.41) is 3.00. The predicted octanol–water partition coefficient (Wildman–Crippen LogP) is 4.34. The zero-order valence-electron chi connectivity index (χ0n) is 17.5. The minimum Gasteiger partial charge on any atom is -0.459 e. The lowest BCUT2D eigenvalue weighted by atomic mass is 10.1. The van der Waals surface area contributed by atoms with Crippen LogP contribution in [-0.2, 0) is 39.0 Å². The van der Waals surface area contributed by atoms with E-state index in [2.05, 4.69) is 11.9 Å². The fraction of sp³-hybridized carbons (Fsp3) is 0.545. The van der Waals surface area contributed by atoms with E-state index >= 15 is 0 Å². The van der Waals surface area contributed by atoms with E-state index in [0.29, 0.717) is 24.4 Å². The number of ether oxygens (including phenoxy) is 1. The zero-order valence-corrected chi connectivity index (χ0v) is 19.1. The topological polar surface area (TPSA) is 76.6 Å². The summed E-state index contributed by atoms with van der Waals surface area (Å²) in [6.07, 6.45) is 6.77. The maximum absolute atomic E-state index is 12.8. The van der Waals surface area contributed by atoms with E-state index < -0.39 is 10.0 Å². The number of sulfonamides is 1. The Hall–Kier alpha value is -1.77. The van der Waals surface area contributed by atoms with Crippen LogP contribution >= 0.6 is 11.3 Å². The molecule has 1 aromatic carbocycles. The van der Waals surface area contributed by atoms with Crippen molar-refractivity contribution in [2.24, 2.45) is 0 Å². The van der Waals surface area contributed by atoms with Gasteiger partial charge in [0.05, 0.1) is 15.6 Å². The molecule has 1 aromatic heterocycles. The highest BCUT2D eigenvalue weighted by Crippen LogP contribution is 2.21. The van der Waals surface area contributed by atoms with Gasteiger partial charge in [0.15, 0.2) is 0 Å². The molecule has 0 bridgehead atoms. The SMILES string of the molecule is CCCc1nc(COC(=O)CCc2ccc(S(=O)(=O)N3CCCCCC3)cc2)cs1. The van der Waals surface area contributed by atoms with E-state index in [1.807, 2.05) is 5.38 Å². The summed E-state index contributed by atoms with van der Waals surface area (Å²) in [5.74, 6) is -0.277. The van der Waals surface area contributed by atoms with E-state index in [4.69, 9.17) is 4.74 Å². The summed E-state index contributed by atoms with van der Waals surface area (Å²) in [5.41, 5.74) is 1.71. The summed E-state index contributed by atoms with van der Waals surface area (Å²) in [6, 6.07) is 6.86. The number of aromatic nitrogens is 1. The third-order valence-corrected chi connectivity index (χ3v) is 8.06. The first kappa shape index (κ1) is 22.9. The lowest BCUT2D eigenvalue weighted by molar-refractivity contribution is -0.145. The average Bonchev–Trinajstić information content (AvgIpc) is 3.00. The van der Waals surface area contributed by atoms with Gasteiger partial charge in [-0.3, -0.25) is 4.79 Å². The number of esters is 1. The number of carbonyl (C=O) groups excluding carboxylic acids is 1. The van der Waals surface area contributed by atoms with E-state index in [9.17, 15) is 13.2 Å². The van der Waals surface area contributed by atoms with Crippen molar-refractivity contribution < 1.29 is 17.9 Å². The molecule has 30 heavy (non-hydrogen) atoms. The van der Waals surface area contributed by atoms with E-state index in [0.717, 1.165) is 54.8 Å². The number of hydrogen-bond acceptors (Lipinski definition) is 6. The highest BCUT2D eigenvalue weighted by atomic mass is 32.2. The van der Waals surface area contributed by atoms with Crippen LogP contribution in [0, 0.1) is 0 Å². The standard InChI is InChI=1S/C22H30N2O4S2/c1-2-7-21-23-19(17-29-21)16-28-22(25)13-10-18-8-11-20(12-9-18)30(26,27)24-14-5-3-4-6-15-24/h8-9,11-12,17H,2-7,10,13-16H2,1H3. The summed E-state index contributed by atoms with van der Waals surface area (Å²) >= 11 is 1.60. The molecule has 0 saturated carbocycles. The number of benzene rings is 1. The van der Waals surface area contributed by atoms with Gasteiger partial charge in [-0.25, -0.2) is 13.4 Å². The van der Waals surface area contributed by atoms with Crippen LogP contribution in [0.15, 0.2) is 34.5 Å². The lowest BCUT2D eigenvalue weighted by Gasteiger charge is -2.20. The van der Waals surface area contributed by atoms with Crippen LogP contribution in [0.4, 0.5) is 0 Å². The Morgan fingerprint density at radius 2 is 1.80 bits per heavy atom. The van der Waals surface area contributed by atoms with E-state index in [-0.39, 0.29) is 19.0 Å². The normalized spacial score (nSPS) is 15.6. The van der Waals surface area contributed by atoms with Crippen LogP contribution < -0.4 is 0 Å². The average molecular weight is 451 g/mol. The van der Waals surface area contributed by atoms with Gasteiger partial charge in [0.25, 0.3) is 0 Å². The second-order valence-electron chi connectivity index (χ2n) is 7.61. The minimum absolute atomic E-state index is 0.200. The molecule has 6 nitrogen and oxygen atoms in total. The molecule has 0 atom stereocenters. The van der Waals surface area contributed by atoms with Crippen molar-refractivity contribution in [3.8, 4) is 0 Å². The van der Waals surface area contributed by atoms with Gasteiger partial charge in [-0.05, 0) is 49.8 Å². The lowest BCUT2D eigenvalue weighted by Crippen LogP contribution is -2.31. The van der Waals surface area contributed by atoms with Crippen LogP contribution in [0.5, 0.6) is 0 Å². The zero-order chi connectivity index (χ0) is 21.4. The molecule has 2 heterocycles. The first-order chi connectivity index (χ1) is 14.5. The summed E-state index contributed by atoms with van der Waals surface area (Å²) < 4.78 is 32.6. The Labute approximate surface area is 183 Å². The highest BCUT2D eigenvalue weighted by Gasteiger charge is 2.24. The van der Waals surface area contributed by atoms with Gasteiger partial charge in [0.1, 0.15) is 6.61 Å². The van der Waals surface area contributed by atoms with Crippen LogP contribution in [0.3, 0.4) is 0 Å². The molecule has 0 aliphatic carbocycles. The van der Waals surface area contributed by atoms with Crippen molar-refractivity contribution in [3.05, 3.63) is 45.9 Å². The van der Waals surface area contributed by atoms with Crippen molar-refractivity contribution in [3.63, 3.8) is 0 Å². The molecule has 3 rings (SSSR count). The van der Waals surface area contributed by atoms with Crippen LogP contribution in [0.1, 0.15) is 61.7 Å². The summed E-state index contributed by atoms with van der Waals surface area (Å²) in [7, 11) is -3.44. The molecule has 8 heteroatoms. The van der Waals surface area contributed by atoms with Crippen LogP contribution in [0.25, 0.3) is 0 Å². The molecule has 0 amide bonds. The van der Waals surface area contributed by atoms with Gasteiger partial charge < -0.3 is 4.74 Å². The summed E-state index contributed by atoms with van der Waals surface area (Å²) in [4.78, 5) is 16.8. The number of thiazole rings is 1. The van der Waals surface area contributed by atoms with Gasteiger partial charge >= 0.3 is 5.97 Å². The molecule has 1 saturated heterocycles. The number of nitrogens with zero attached hydrogens (tertiary/aromatic N) is 2. The monoisotopic (exact) mass is 450 g/mol. The summed E-state index contributed by atoms with van der Waals surface area (Å²) in [6.45, 7) is 3.49. The van der Waals surface area contributed by atoms with Gasteiger partial charge in [-0.15, -0.1) is 11.3 Å². The van der Waals surface area contributed by atoms with E-state index in [1.54, 1.807) is 39.9 Å². The molecule has 0 radical (unpaired) electrons. The number of aryl methyl sites for hydroxylation is 2. The van der Waals surface area contributed by atoms with Crippen molar-refractivity contribution in [2.75, 3.05) is 13.1 Å². The molecule has 1 aliphatic heterocycles. The second-order valence-corrected chi connectivity index (χ2v) is 10.5. The smallest absolute Gasteiger partial charge is 0.306 e. The molecule has 1 fully saturated rings. The maximum atomic E-state index is 12.8. The Balaban J connectivity index is 1.48. The molecule has 0 unspecified atom stereocenters. The fourth-order valence-corrected chi connectivity index (χ4v) is 5.88. The quantitative estimate of drug-likeness (QED) is 0.531. The van der Waals surface area contributed by atoms with Crippen molar-refractivity contribution in [1.29, 1.82) is 0 Å². The molecule has 0 spiro atoms. The number of carbonyl (C=O) groups is 1. The van der Waals surface area contributed by atoms with Gasteiger partial charge in [0.2, 0.25) is 10.0 Å². The molecule has 164 valence electrons. The second kappa shape index (κ2) is 11.0. The van der Waals surface area contributed by atoms with Gasteiger partial charge in [-0.2, -0.15) is 4.31 Å². The number of rotatable bonds is 9. The first-order valence-electron chi connectivity index (χ1n) is 10.7. The minimum atomic E-state index is -3.44. The maximum Gasteiger partial charge on any atom is 0.306 e. The Morgan fingerprint density at radius 1 is 1.10 bits per heavy atom. The van der Waals surface area contributed by atoms with Crippen LogP contribution in [-0.4, -0.2) is 36.8 Å². The fourth-order valence-electron chi connectivity index (χ4n) is 3.48. The molecule has 1 aliphatic rings. The number of hydrogen-bond donors (Lipinski definition) is 0. The van der Waals surface area contributed by atoms with Crippen molar-refractivity contribution in [2.45, 2.75) is 69.8 Å². The van der Waals surface area contributed by atoms with Crippen molar-refractivity contribution >= 4 is 27.3 Å².